The van der Waals surface area contributed by atoms with E-state index in [2.05, 4.69) is 0 Å². The first kappa shape index (κ1) is 23.7. The molecule has 0 amide bonds. The van der Waals surface area contributed by atoms with Crippen LogP contribution in [-0.4, -0.2) is 73.6 Å². The van der Waals surface area contributed by atoms with E-state index in [4.69, 9.17) is 14.2 Å². The van der Waals surface area contributed by atoms with Gasteiger partial charge in [0, 0.05) is 0 Å². The number of ether oxygens (including phenoxy) is 3. The van der Waals surface area contributed by atoms with Crippen LogP contribution >= 0.6 is 0 Å². The summed E-state index contributed by atoms with van der Waals surface area (Å²) in [6.45, 7) is 4.89. The molecule has 10 heteroatoms. The predicted octanol–water partition coefficient (Wildman–Crippen LogP) is 0.264. The maximum absolute atomic E-state index is 14.5. The number of ketones is 2. The second-order valence-electron chi connectivity index (χ2n) is 12.7. The molecule has 5 fully saturated rings. The maximum Gasteiger partial charge on any atom is 0.342 e. The van der Waals surface area contributed by atoms with Gasteiger partial charge in [-0.25, -0.2) is 4.79 Å². The molecule has 0 aromatic heterocycles. The Kier molecular flexibility index (Phi) is 4.11. The summed E-state index contributed by atoms with van der Waals surface area (Å²) in [5.41, 5.74) is -7.83. The third-order valence-electron chi connectivity index (χ3n) is 11.1. The number of allylic oxidation sites excluding steroid dienone is 3. The molecule has 1 saturated carbocycles. The molecule has 4 aliphatic heterocycles. The van der Waals surface area contributed by atoms with Crippen molar-refractivity contribution in [2.24, 2.45) is 28.6 Å². The second-order valence-corrected chi connectivity index (χ2v) is 12.7. The van der Waals surface area contributed by atoms with E-state index in [1.165, 1.54) is 19.1 Å². The fourth-order valence-corrected chi connectivity index (χ4v) is 9.34. The van der Waals surface area contributed by atoms with Gasteiger partial charge >= 0.3 is 11.9 Å². The number of carbonyl (C=O) groups is 4. The average molecular weight is 515 g/mol. The van der Waals surface area contributed by atoms with Crippen molar-refractivity contribution < 1.29 is 48.7 Å². The summed E-state index contributed by atoms with van der Waals surface area (Å²) in [7, 11) is 0. The molecule has 3 N–H and O–H groups in total. The van der Waals surface area contributed by atoms with E-state index < -0.39 is 81.1 Å². The summed E-state index contributed by atoms with van der Waals surface area (Å²) >= 11 is 0. The van der Waals surface area contributed by atoms with E-state index in [9.17, 15) is 34.5 Å². The van der Waals surface area contributed by atoms with Gasteiger partial charge in [0.1, 0.15) is 6.10 Å². The Morgan fingerprint density at radius 2 is 1.81 bits per heavy atom. The topological polar surface area (TPSA) is 157 Å². The minimum atomic E-state index is -2.66. The Hall–Kier alpha value is -2.40. The second kappa shape index (κ2) is 6.42. The monoisotopic (exact) mass is 514 g/mol. The zero-order valence-electron chi connectivity index (χ0n) is 20.9. The van der Waals surface area contributed by atoms with E-state index in [1.807, 2.05) is 0 Å². The molecule has 198 valence electrons. The molecular formula is C27H30O10. The van der Waals surface area contributed by atoms with Gasteiger partial charge in [0.05, 0.1) is 29.8 Å². The molecule has 4 heterocycles. The summed E-state index contributed by atoms with van der Waals surface area (Å²) in [6.07, 6.45) is 2.53. The Bertz CT molecular complexity index is 1270. The summed E-state index contributed by atoms with van der Waals surface area (Å²) in [6, 6.07) is 0. The van der Waals surface area contributed by atoms with Crippen LogP contribution in [0.15, 0.2) is 23.8 Å². The van der Waals surface area contributed by atoms with Crippen LogP contribution in [0.4, 0.5) is 0 Å². The number of fused-ring (bicyclic) bond motifs is 9. The lowest BCUT2D eigenvalue weighted by Gasteiger charge is -2.60. The molecule has 0 aromatic carbocycles. The van der Waals surface area contributed by atoms with Gasteiger partial charge < -0.3 is 29.5 Å². The predicted molar refractivity (Wildman–Crippen MR) is 121 cm³/mol. The van der Waals surface area contributed by atoms with Crippen molar-refractivity contribution in [3.8, 4) is 0 Å². The van der Waals surface area contributed by atoms with Gasteiger partial charge in [0.15, 0.2) is 28.4 Å². The number of Topliss-reactive ketones (excluding diaryl/α,β-unsaturated/α-hetero) is 1. The first-order valence-corrected chi connectivity index (χ1v) is 12.9. The van der Waals surface area contributed by atoms with Crippen LogP contribution in [0.3, 0.4) is 0 Å². The minimum absolute atomic E-state index is 0.0332. The lowest BCUT2D eigenvalue weighted by molar-refractivity contribution is -0.348. The molecular weight excluding hydrogens is 484 g/mol. The molecule has 0 aromatic rings. The van der Waals surface area contributed by atoms with Crippen molar-refractivity contribution in [2.75, 3.05) is 0 Å². The number of carbonyl (C=O) groups excluding carboxylic acids is 4. The maximum atomic E-state index is 14.5. The van der Waals surface area contributed by atoms with Crippen LogP contribution < -0.4 is 0 Å². The molecule has 4 bridgehead atoms. The third-order valence-corrected chi connectivity index (χ3v) is 11.1. The summed E-state index contributed by atoms with van der Waals surface area (Å²) in [5, 5.41) is 35.9. The van der Waals surface area contributed by atoms with Gasteiger partial charge in [0.2, 0.25) is 5.79 Å². The minimum Gasteiger partial charge on any atom is -0.458 e. The van der Waals surface area contributed by atoms with E-state index in [0.717, 1.165) is 0 Å². The summed E-state index contributed by atoms with van der Waals surface area (Å²) in [5.74, 6) is -8.71. The van der Waals surface area contributed by atoms with Gasteiger partial charge in [-0.15, -0.1) is 0 Å². The molecule has 37 heavy (non-hydrogen) atoms. The highest BCUT2D eigenvalue weighted by atomic mass is 16.7. The summed E-state index contributed by atoms with van der Waals surface area (Å²) < 4.78 is 17.8. The van der Waals surface area contributed by atoms with Gasteiger partial charge in [0.25, 0.3) is 0 Å². The molecule has 7 rings (SSSR count). The largest absolute Gasteiger partial charge is 0.458 e. The molecule has 10 nitrogen and oxygen atoms in total. The lowest BCUT2D eigenvalue weighted by atomic mass is 9.48. The van der Waals surface area contributed by atoms with Gasteiger partial charge in [-0.2, -0.15) is 0 Å². The van der Waals surface area contributed by atoms with Crippen molar-refractivity contribution in [1.29, 1.82) is 0 Å². The van der Waals surface area contributed by atoms with Crippen LogP contribution in [0.25, 0.3) is 0 Å². The SMILES string of the molecule is C[C@]12CC(=O)O[C@H](C1)[C@]1(C)OC(=O)[C@]3(O)CCC4C(C(O)C=C5CC=CC(=O)[C@@]54C)[C@@]4(O)O[C@]31C2C4=O. The zero-order valence-corrected chi connectivity index (χ0v) is 20.9. The fraction of sp³-hybridized carbons (Fsp3) is 0.704. The molecule has 11 atom stereocenters. The number of hydrogen-bond donors (Lipinski definition) is 3. The number of rotatable bonds is 0. The van der Waals surface area contributed by atoms with E-state index in [1.54, 1.807) is 19.9 Å². The average Bonchev–Trinajstić information content (AvgIpc) is 3.15. The highest BCUT2D eigenvalue weighted by molar-refractivity contribution is 6.00. The highest BCUT2D eigenvalue weighted by Crippen LogP contribution is 2.72. The first-order valence-electron chi connectivity index (χ1n) is 12.9. The van der Waals surface area contributed by atoms with Gasteiger partial charge in [-0.1, -0.05) is 24.6 Å². The normalized spacial score (nSPS) is 57.4. The molecule has 0 radical (unpaired) electrons. The van der Waals surface area contributed by atoms with Crippen LogP contribution in [0.2, 0.25) is 0 Å². The van der Waals surface area contributed by atoms with Crippen LogP contribution in [0, 0.1) is 28.6 Å². The number of hydrogen-bond acceptors (Lipinski definition) is 10. The number of aliphatic hydroxyl groups excluding tert-OH is 1. The Labute approximate surface area is 212 Å². The van der Waals surface area contributed by atoms with Crippen molar-refractivity contribution in [2.45, 2.75) is 87.7 Å². The lowest BCUT2D eigenvalue weighted by Crippen LogP contribution is -2.77. The van der Waals surface area contributed by atoms with E-state index >= 15 is 0 Å². The standard InChI is InChI=1S/C27H30O10/c1-22-10-16(35-17(30)11-22)24(3)27-19(22)20(31)26(34,37-27)18-13(7-8-25(27,33)21(32)36-24)23(2)12(9-14(18)28)5-4-6-15(23)29/h4,6,9,13-14,16,18-19,28,33-34H,5,7-8,10-11H2,1-3H3/t13?,14?,16-,18?,19?,22-,23+,24+,25-,26-,27+/m1/s1. The molecule has 7 aliphatic rings. The quantitative estimate of drug-likeness (QED) is 0.303. The third kappa shape index (κ3) is 2.23. The van der Waals surface area contributed by atoms with Crippen molar-refractivity contribution in [3.05, 3.63) is 23.8 Å². The molecule has 1 spiro atoms. The fourth-order valence-electron chi connectivity index (χ4n) is 9.34. The van der Waals surface area contributed by atoms with Crippen LogP contribution in [-0.2, 0) is 33.4 Å². The molecule has 3 aliphatic carbocycles. The van der Waals surface area contributed by atoms with E-state index in [0.29, 0.717) is 12.0 Å². The number of esters is 2. The molecule has 4 saturated heterocycles. The van der Waals surface area contributed by atoms with Crippen molar-refractivity contribution in [1.82, 2.24) is 0 Å². The van der Waals surface area contributed by atoms with E-state index in [-0.39, 0.29) is 31.5 Å². The van der Waals surface area contributed by atoms with Gasteiger partial charge in [-0.3, -0.25) is 14.4 Å². The summed E-state index contributed by atoms with van der Waals surface area (Å²) in [4.78, 5) is 54.0. The molecule has 4 unspecified atom stereocenters. The Morgan fingerprint density at radius 1 is 1.08 bits per heavy atom. The smallest absolute Gasteiger partial charge is 0.342 e. The highest BCUT2D eigenvalue weighted by Gasteiger charge is 2.91. The van der Waals surface area contributed by atoms with Gasteiger partial charge in [-0.05, 0) is 56.9 Å². The first-order chi connectivity index (χ1) is 17.2. The van der Waals surface area contributed by atoms with Crippen molar-refractivity contribution in [3.63, 3.8) is 0 Å². The van der Waals surface area contributed by atoms with Crippen molar-refractivity contribution >= 4 is 23.5 Å². The van der Waals surface area contributed by atoms with Crippen LogP contribution in [0.5, 0.6) is 0 Å². The number of aliphatic hydroxyl groups is 3. The zero-order chi connectivity index (χ0) is 26.6. The Morgan fingerprint density at radius 3 is 2.54 bits per heavy atom. The Balaban J connectivity index is 1.51. The van der Waals surface area contributed by atoms with Crippen LogP contribution in [0.1, 0.15) is 52.9 Å².